The van der Waals surface area contributed by atoms with Gasteiger partial charge >= 0.3 is 0 Å². The van der Waals surface area contributed by atoms with Gasteiger partial charge in [0.2, 0.25) is 0 Å². The maximum atomic E-state index is 13.4. The van der Waals surface area contributed by atoms with E-state index in [2.05, 4.69) is 31.1 Å². The average molecular weight is 241 g/mol. The third kappa shape index (κ3) is 3.69. The summed E-state index contributed by atoms with van der Waals surface area (Å²) in [5.41, 5.74) is 4.43. The fraction of sp³-hybridized carbons (Fsp3) is 0.333. The van der Waals surface area contributed by atoms with Crippen molar-refractivity contribution in [3.63, 3.8) is 0 Å². The van der Waals surface area contributed by atoms with Crippen LogP contribution >= 0.6 is 11.6 Å². The van der Waals surface area contributed by atoms with Crippen molar-refractivity contribution in [3.05, 3.63) is 34.1 Å². The molecule has 0 heterocycles. The highest BCUT2D eigenvalue weighted by Crippen LogP contribution is 2.19. The van der Waals surface area contributed by atoms with Crippen LogP contribution in [0.2, 0.25) is 24.7 Å². The summed E-state index contributed by atoms with van der Waals surface area (Å²) in [5.74, 6) is 2.56. The number of halogens is 2. The molecule has 3 heteroatoms. The Morgan fingerprint density at radius 3 is 2.40 bits per heavy atom. The van der Waals surface area contributed by atoms with Gasteiger partial charge in [0.1, 0.15) is 13.9 Å². The summed E-state index contributed by atoms with van der Waals surface area (Å²) in [4.78, 5) is 0. The van der Waals surface area contributed by atoms with E-state index in [1.54, 1.807) is 6.07 Å². The van der Waals surface area contributed by atoms with Crippen LogP contribution in [0.15, 0.2) is 12.1 Å². The van der Waals surface area contributed by atoms with Gasteiger partial charge in [-0.3, -0.25) is 0 Å². The molecule has 1 aromatic rings. The molecule has 80 valence electrons. The highest BCUT2D eigenvalue weighted by atomic mass is 35.5. The van der Waals surface area contributed by atoms with Crippen molar-refractivity contribution in [2.24, 2.45) is 0 Å². The Morgan fingerprint density at radius 1 is 1.27 bits per heavy atom. The predicted molar refractivity (Wildman–Crippen MR) is 66.4 cm³/mol. The minimum Gasteiger partial charge on any atom is -0.206 e. The summed E-state index contributed by atoms with van der Waals surface area (Å²) in [7, 11) is -1.45. The van der Waals surface area contributed by atoms with Gasteiger partial charge in [0.25, 0.3) is 0 Å². The van der Waals surface area contributed by atoms with Crippen LogP contribution in [0.4, 0.5) is 4.39 Å². The second-order valence-corrected chi connectivity index (χ2v) is 9.74. The minimum absolute atomic E-state index is 0.337. The van der Waals surface area contributed by atoms with Crippen LogP contribution in [0, 0.1) is 24.2 Å². The summed E-state index contributed by atoms with van der Waals surface area (Å²) in [6.07, 6.45) is 0. The van der Waals surface area contributed by atoms with Crippen LogP contribution in [-0.4, -0.2) is 8.07 Å². The molecule has 0 aromatic heterocycles. The molecule has 0 N–H and O–H groups in total. The third-order valence-corrected chi connectivity index (χ3v) is 3.10. The normalized spacial score (nSPS) is 10.8. The monoisotopic (exact) mass is 240 g/mol. The van der Waals surface area contributed by atoms with Gasteiger partial charge in [0, 0.05) is 5.02 Å². The van der Waals surface area contributed by atoms with Crippen LogP contribution in [0.5, 0.6) is 0 Å². The van der Waals surface area contributed by atoms with Crippen LogP contribution in [-0.2, 0) is 0 Å². The third-order valence-electron chi connectivity index (χ3n) is 1.82. The number of rotatable bonds is 0. The van der Waals surface area contributed by atoms with Crippen molar-refractivity contribution >= 4 is 19.7 Å². The molecule has 0 amide bonds. The van der Waals surface area contributed by atoms with Gasteiger partial charge in [-0.25, -0.2) is 4.39 Å². The van der Waals surface area contributed by atoms with Gasteiger partial charge in [-0.05, 0) is 24.6 Å². The Hall–Kier alpha value is -0.783. The number of hydrogen-bond donors (Lipinski definition) is 0. The molecule has 0 bridgehead atoms. The molecule has 0 spiro atoms. The van der Waals surface area contributed by atoms with E-state index in [-0.39, 0.29) is 5.82 Å². The Labute approximate surface area is 96.5 Å². The summed E-state index contributed by atoms with van der Waals surface area (Å²) in [6, 6.07) is 3.02. The van der Waals surface area contributed by atoms with Gasteiger partial charge in [0.05, 0.1) is 5.56 Å². The van der Waals surface area contributed by atoms with Gasteiger partial charge < -0.3 is 0 Å². The van der Waals surface area contributed by atoms with Crippen molar-refractivity contribution in [2.45, 2.75) is 26.6 Å². The summed E-state index contributed by atoms with van der Waals surface area (Å²) in [6.45, 7) is 8.23. The molecule has 0 atom stereocenters. The lowest BCUT2D eigenvalue weighted by molar-refractivity contribution is 0.624. The maximum Gasteiger partial charge on any atom is 0.140 e. The number of aryl methyl sites for hydroxylation is 1. The van der Waals surface area contributed by atoms with Gasteiger partial charge in [-0.1, -0.05) is 37.2 Å². The zero-order chi connectivity index (χ0) is 11.6. The molecule has 15 heavy (non-hydrogen) atoms. The Balaban J connectivity index is 3.15. The molecule has 0 radical (unpaired) electrons. The Morgan fingerprint density at radius 2 is 1.87 bits per heavy atom. The molecule has 0 nitrogen and oxygen atoms in total. The van der Waals surface area contributed by atoms with E-state index in [1.807, 2.05) is 6.92 Å². The fourth-order valence-electron chi connectivity index (χ4n) is 1.01. The maximum absolute atomic E-state index is 13.4. The zero-order valence-electron chi connectivity index (χ0n) is 9.41. The van der Waals surface area contributed by atoms with Gasteiger partial charge in [-0.15, -0.1) is 5.54 Å². The molecule has 0 unspecified atom stereocenters. The second kappa shape index (κ2) is 4.38. The van der Waals surface area contributed by atoms with Gasteiger partial charge in [-0.2, -0.15) is 0 Å². The lowest BCUT2D eigenvalue weighted by Crippen LogP contribution is -2.16. The zero-order valence-corrected chi connectivity index (χ0v) is 11.2. The fourth-order valence-corrected chi connectivity index (χ4v) is 1.67. The molecule has 0 aliphatic rings. The first kappa shape index (κ1) is 12.3. The van der Waals surface area contributed by atoms with E-state index in [4.69, 9.17) is 11.6 Å². The Kier molecular flexibility index (Phi) is 3.59. The smallest absolute Gasteiger partial charge is 0.140 e. The Bertz CT molecular complexity index is 435. The highest BCUT2D eigenvalue weighted by molar-refractivity contribution is 6.83. The molecule has 0 aliphatic heterocycles. The molecule has 0 fully saturated rings. The van der Waals surface area contributed by atoms with Crippen molar-refractivity contribution < 1.29 is 4.39 Å². The van der Waals surface area contributed by atoms with Crippen molar-refractivity contribution in [2.75, 3.05) is 0 Å². The average Bonchev–Trinajstić information content (AvgIpc) is 2.07. The first-order valence-corrected chi connectivity index (χ1v) is 8.66. The topological polar surface area (TPSA) is 0 Å². The van der Waals surface area contributed by atoms with E-state index in [0.29, 0.717) is 10.6 Å². The molecular formula is C12H14ClFSi. The largest absolute Gasteiger partial charge is 0.206 e. The summed E-state index contributed by atoms with van der Waals surface area (Å²) < 4.78 is 13.4. The molecule has 0 saturated heterocycles. The summed E-state index contributed by atoms with van der Waals surface area (Å²) in [5, 5.41) is 0.450. The first-order valence-electron chi connectivity index (χ1n) is 4.78. The quantitative estimate of drug-likeness (QED) is 0.475. The van der Waals surface area contributed by atoms with E-state index in [1.165, 1.54) is 6.07 Å². The van der Waals surface area contributed by atoms with Crippen LogP contribution in [0.25, 0.3) is 0 Å². The van der Waals surface area contributed by atoms with E-state index in [9.17, 15) is 4.39 Å². The van der Waals surface area contributed by atoms with Crippen LogP contribution in [0.3, 0.4) is 0 Å². The highest BCUT2D eigenvalue weighted by Gasteiger charge is 2.09. The van der Waals surface area contributed by atoms with E-state index in [0.717, 1.165) is 5.56 Å². The molecule has 1 aromatic carbocycles. The molecule has 0 saturated carbocycles. The van der Waals surface area contributed by atoms with Crippen molar-refractivity contribution in [1.29, 1.82) is 0 Å². The lowest BCUT2D eigenvalue weighted by Gasteiger charge is -2.04. The first-order chi connectivity index (χ1) is 6.79. The lowest BCUT2D eigenvalue weighted by atomic mass is 10.1. The number of hydrogen-bond acceptors (Lipinski definition) is 0. The van der Waals surface area contributed by atoms with E-state index < -0.39 is 8.07 Å². The second-order valence-electron chi connectivity index (χ2n) is 4.58. The van der Waals surface area contributed by atoms with Gasteiger partial charge in [0.15, 0.2) is 0 Å². The standard InChI is InChI=1S/C12H14ClFSi/c1-9-7-10(5-6-15(2,3)4)12(14)8-11(9)13/h7-8H,1-4H3. The molecular weight excluding hydrogens is 227 g/mol. The molecule has 0 aliphatic carbocycles. The van der Waals surface area contributed by atoms with Crippen LogP contribution < -0.4 is 0 Å². The molecule has 1 rings (SSSR count). The minimum atomic E-state index is -1.45. The van der Waals surface area contributed by atoms with E-state index >= 15 is 0 Å². The van der Waals surface area contributed by atoms with Crippen molar-refractivity contribution in [3.8, 4) is 11.5 Å². The van der Waals surface area contributed by atoms with Crippen LogP contribution in [0.1, 0.15) is 11.1 Å². The predicted octanol–water partition coefficient (Wildman–Crippen LogP) is 4.02. The van der Waals surface area contributed by atoms with Crippen molar-refractivity contribution in [1.82, 2.24) is 0 Å². The SMILES string of the molecule is Cc1cc(C#C[Si](C)(C)C)c(F)cc1Cl. The number of benzene rings is 1. The summed E-state index contributed by atoms with van der Waals surface area (Å²) >= 11 is 5.80.